The number of nitrogens with zero attached hydrogens (tertiary/aromatic N) is 4. The van der Waals surface area contributed by atoms with E-state index >= 15 is 0 Å². The van der Waals surface area contributed by atoms with Crippen LogP contribution in [0.15, 0.2) is 5.16 Å². The molecule has 2 aliphatic heterocycles. The van der Waals surface area contributed by atoms with E-state index < -0.39 is 0 Å². The molecule has 2 aromatic rings. The molecule has 5 nitrogen and oxygen atoms in total. The van der Waals surface area contributed by atoms with Crippen molar-refractivity contribution in [2.45, 2.75) is 63.7 Å². The van der Waals surface area contributed by atoms with Crippen LogP contribution in [0, 0.1) is 0 Å². The van der Waals surface area contributed by atoms with Gasteiger partial charge in [0.1, 0.15) is 10.6 Å². The van der Waals surface area contributed by atoms with Gasteiger partial charge in [-0.15, -0.1) is 11.3 Å². The third-order valence-electron chi connectivity index (χ3n) is 5.35. The number of hydrogen-bond acceptors (Lipinski definition) is 7. The Morgan fingerprint density at radius 1 is 1.19 bits per heavy atom. The fourth-order valence-corrected chi connectivity index (χ4v) is 5.73. The lowest BCUT2D eigenvalue weighted by molar-refractivity contribution is -0.0379. The first-order chi connectivity index (χ1) is 12.9. The van der Waals surface area contributed by atoms with Gasteiger partial charge in [0.15, 0.2) is 5.16 Å². The highest BCUT2D eigenvalue weighted by Crippen LogP contribution is 2.42. The van der Waals surface area contributed by atoms with Crippen LogP contribution in [0.5, 0.6) is 0 Å². The minimum atomic E-state index is -0.121. The van der Waals surface area contributed by atoms with Gasteiger partial charge in [-0.2, -0.15) is 0 Å². The van der Waals surface area contributed by atoms with Crippen LogP contribution >= 0.6 is 23.1 Å². The predicted molar refractivity (Wildman–Crippen MR) is 115 cm³/mol. The van der Waals surface area contributed by atoms with Crippen LogP contribution < -0.4 is 4.90 Å². The molecule has 0 saturated carbocycles. The Morgan fingerprint density at radius 2 is 1.93 bits per heavy atom. The molecule has 0 atom stereocenters. The zero-order chi connectivity index (χ0) is 19.2. The third kappa shape index (κ3) is 3.97. The van der Waals surface area contributed by atoms with E-state index in [2.05, 4.69) is 44.4 Å². The van der Waals surface area contributed by atoms with E-state index in [9.17, 15) is 0 Å². The molecule has 0 unspecified atom stereocenters. The van der Waals surface area contributed by atoms with Crippen molar-refractivity contribution in [1.82, 2.24) is 14.9 Å². The van der Waals surface area contributed by atoms with Crippen LogP contribution in [-0.2, 0) is 17.8 Å². The van der Waals surface area contributed by atoms with Crippen molar-refractivity contribution in [2.24, 2.45) is 0 Å². The van der Waals surface area contributed by atoms with E-state index in [-0.39, 0.29) is 5.60 Å². The Kier molecular flexibility index (Phi) is 5.40. The zero-order valence-electron chi connectivity index (χ0n) is 17.0. The van der Waals surface area contributed by atoms with Crippen molar-refractivity contribution < 1.29 is 4.74 Å². The van der Waals surface area contributed by atoms with Gasteiger partial charge < -0.3 is 14.5 Å². The number of piperazine rings is 1. The van der Waals surface area contributed by atoms with Gasteiger partial charge in [0.25, 0.3) is 0 Å². The highest BCUT2D eigenvalue weighted by Gasteiger charge is 2.32. The highest BCUT2D eigenvalue weighted by molar-refractivity contribution is 7.99. The van der Waals surface area contributed by atoms with E-state index in [1.807, 2.05) is 0 Å². The average Bonchev–Trinajstić information content (AvgIpc) is 2.97. The molecule has 1 fully saturated rings. The largest absolute Gasteiger partial charge is 0.370 e. The van der Waals surface area contributed by atoms with Gasteiger partial charge in [0, 0.05) is 42.7 Å². The SMILES string of the molecule is CCN1CCN(c2nc(SC(C)C)nc3sc4c(c23)CC(C)(C)OC4)CC1. The van der Waals surface area contributed by atoms with Crippen LogP contribution in [0.4, 0.5) is 5.82 Å². The third-order valence-corrected chi connectivity index (χ3v) is 7.32. The number of rotatable bonds is 4. The maximum atomic E-state index is 6.07. The first kappa shape index (κ1) is 19.4. The van der Waals surface area contributed by atoms with E-state index in [0.29, 0.717) is 11.9 Å². The van der Waals surface area contributed by atoms with Crippen LogP contribution in [0.1, 0.15) is 45.1 Å². The molecule has 148 valence electrons. The molecule has 2 aliphatic rings. The normalized spacial score (nSPS) is 20.4. The molecule has 0 N–H and O–H groups in total. The lowest BCUT2D eigenvalue weighted by Crippen LogP contribution is -2.46. The van der Waals surface area contributed by atoms with Crippen LogP contribution in [-0.4, -0.2) is 58.4 Å². The zero-order valence-corrected chi connectivity index (χ0v) is 18.7. The second-order valence-electron chi connectivity index (χ2n) is 8.33. The van der Waals surface area contributed by atoms with Gasteiger partial charge in [-0.1, -0.05) is 32.5 Å². The van der Waals surface area contributed by atoms with Crippen molar-refractivity contribution >= 4 is 39.1 Å². The van der Waals surface area contributed by atoms with Gasteiger partial charge in [-0.25, -0.2) is 9.97 Å². The molecule has 0 aliphatic carbocycles. The summed E-state index contributed by atoms with van der Waals surface area (Å²) < 4.78 is 6.07. The average molecular weight is 407 g/mol. The van der Waals surface area contributed by atoms with Crippen LogP contribution in [0.3, 0.4) is 0 Å². The number of aromatic nitrogens is 2. The van der Waals surface area contributed by atoms with Crippen molar-refractivity contribution in [1.29, 1.82) is 0 Å². The lowest BCUT2D eigenvalue weighted by atomic mass is 9.94. The van der Waals surface area contributed by atoms with Crippen molar-refractivity contribution in [2.75, 3.05) is 37.6 Å². The summed E-state index contributed by atoms with van der Waals surface area (Å²) in [6, 6.07) is 0. The first-order valence-corrected chi connectivity index (χ1v) is 11.7. The Morgan fingerprint density at radius 3 is 2.59 bits per heavy atom. The molecule has 7 heteroatoms. The molecule has 0 spiro atoms. The van der Waals surface area contributed by atoms with Crippen molar-refractivity contribution in [3.8, 4) is 0 Å². The highest BCUT2D eigenvalue weighted by atomic mass is 32.2. The maximum Gasteiger partial charge on any atom is 0.191 e. The Labute approximate surface area is 170 Å². The quantitative estimate of drug-likeness (QED) is 0.560. The smallest absolute Gasteiger partial charge is 0.191 e. The predicted octanol–water partition coefficient (Wildman–Crippen LogP) is 4.19. The topological polar surface area (TPSA) is 41.5 Å². The van der Waals surface area contributed by atoms with E-state index in [4.69, 9.17) is 14.7 Å². The van der Waals surface area contributed by atoms with Crippen molar-refractivity contribution in [3.05, 3.63) is 10.4 Å². The van der Waals surface area contributed by atoms with Gasteiger partial charge in [0.05, 0.1) is 17.6 Å². The number of ether oxygens (including phenoxy) is 1. The second-order valence-corrected chi connectivity index (χ2v) is 11.0. The summed E-state index contributed by atoms with van der Waals surface area (Å²) in [6.07, 6.45) is 0.935. The monoisotopic (exact) mass is 406 g/mol. The van der Waals surface area contributed by atoms with Crippen LogP contribution in [0.2, 0.25) is 0 Å². The molecule has 0 radical (unpaired) electrons. The van der Waals surface area contributed by atoms with E-state index in [0.717, 1.165) is 54.9 Å². The Balaban J connectivity index is 1.80. The van der Waals surface area contributed by atoms with E-state index in [1.165, 1.54) is 15.8 Å². The number of hydrogen-bond donors (Lipinski definition) is 0. The fraction of sp³-hybridized carbons (Fsp3) is 0.700. The van der Waals surface area contributed by atoms with Gasteiger partial charge in [-0.3, -0.25) is 0 Å². The molecule has 0 amide bonds. The van der Waals surface area contributed by atoms with Crippen LogP contribution in [0.25, 0.3) is 10.2 Å². The summed E-state index contributed by atoms with van der Waals surface area (Å²) >= 11 is 3.56. The summed E-state index contributed by atoms with van der Waals surface area (Å²) in [6.45, 7) is 17.1. The molecule has 0 aromatic carbocycles. The number of anilines is 1. The second kappa shape index (κ2) is 7.50. The molecule has 4 heterocycles. The summed E-state index contributed by atoms with van der Waals surface area (Å²) in [5, 5.41) is 2.66. The molecular formula is C20H30N4OS2. The van der Waals surface area contributed by atoms with Crippen molar-refractivity contribution in [3.63, 3.8) is 0 Å². The Hall–Kier alpha value is -0.890. The van der Waals surface area contributed by atoms with Gasteiger partial charge >= 0.3 is 0 Å². The number of thiophene rings is 1. The summed E-state index contributed by atoms with van der Waals surface area (Å²) in [5.74, 6) is 1.15. The first-order valence-electron chi connectivity index (χ1n) is 9.96. The molecule has 0 bridgehead atoms. The van der Waals surface area contributed by atoms with Gasteiger partial charge in [-0.05, 0) is 26.0 Å². The number of fused-ring (bicyclic) bond motifs is 3. The summed E-state index contributed by atoms with van der Waals surface area (Å²) in [7, 11) is 0. The van der Waals surface area contributed by atoms with Gasteiger partial charge in [0.2, 0.25) is 0 Å². The Bertz CT molecular complexity index is 825. The molecule has 2 aromatic heterocycles. The summed E-state index contributed by atoms with van der Waals surface area (Å²) in [5.41, 5.74) is 1.30. The number of thioether (sulfide) groups is 1. The molecule has 1 saturated heterocycles. The fourth-order valence-electron chi connectivity index (χ4n) is 3.87. The molecule has 27 heavy (non-hydrogen) atoms. The van der Waals surface area contributed by atoms with E-state index in [1.54, 1.807) is 23.1 Å². The maximum absolute atomic E-state index is 6.07. The lowest BCUT2D eigenvalue weighted by Gasteiger charge is -2.35. The molecular weight excluding hydrogens is 376 g/mol. The standard InChI is InChI=1S/C20H30N4OS2/c1-6-23-7-9-24(10-8-23)17-16-14-11-20(4,5)25-12-15(14)27-18(16)22-19(21-17)26-13(2)3/h13H,6-12H2,1-5H3. The molecule has 4 rings (SSSR count). The summed E-state index contributed by atoms with van der Waals surface area (Å²) in [4.78, 5) is 17.5. The minimum Gasteiger partial charge on any atom is -0.370 e. The minimum absolute atomic E-state index is 0.121. The number of likely N-dealkylation sites (N-methyl/N-ethyl adjacent to an activating group) is 1.